The van der Waals surface area contributed by atoms with Crippen LogP contribution in [0.3, 0.4) is 0 Å². The van der Waals surface area contributed by atoms with Crippen LogP contribution in [-0.2, 0) is 86.5 Å². The van der Waals surface area contributed by atoms with Crippen LogP contribution in [0, 0.1) is 0 Å². The zero-order valence-electron chi connectivity index (χ0n) is 44.6. The first-order valence-corrected chi connectivity index (χ1v) is 28.1. The molecular weight excluding hydrogens is 1120 g/mol. The van der Waals surface area contributed by atoms with Crippen LogP contribution in [0.15, 0.2) is 0 Å². The van der Waals surface area contributed by atoms with Crippen LogP contribution in [0.25, 0.3) is 0 Å². The summed E-state index contributed by atoms with van der Waals surface area (Å²) >= 11 is 0.744. The van der Waals surface area contributed by atoms with E-state index in [1.807, 2.05) is 5.32 Å². The summed E-state index contributed by atoms with van der Waals surface area (Å²) in [5.74, 6) is -13.2. The summed E-state index contributed by atoms with van der Waals surface area (Å²) in [6.45, 7) is 3.96. The lowest BCUT2D eigenvalue weighted by Crippen LogP contribution is -2.64. The number of ether oxygens (including phenoxy) is 1. The number of carboxylic acids is 1. The van der Waals surface area contributed by atoms with Gasteiger partial charge >= 0.3 is 5.97 Å². The van der Waals surface area contributed by atoms with Crippen molar-refractivity contribution in [2.24, 2.45) is 0 Å². The summed E-state index contributed by atoms with van der Waals surface area (Å²) in [6.07, 6.45) is -6.79. The van der Waals surface area contributed by atoms with Gasteiger partial charge in [0.05, 0.1) is 12.4 Å². The fourth-order valence-corrected chi connectivity index (χ4v) is 9.88. The minimum Gasteiger partial charge on any atom is -0.480 e. The van der Waals surface area contributed by atoms with Gasteiger partial charge in [-0.3, -0.25) is 47.9 Å². The lowest BCUT2D eigenvalue weighted by molar-refractivity contribution is -0.253. The van der Waals surface area contributed by atoms with Gasteiger partial charge < -0.3 is 103 Å². The van der Waals surface area contributed by atoms with Crippen LogP contribution < -0.4 is 53.2 Å². The molecule has 0 bridgehead atoms. The Balaban J connectivity index is 2.91. The quantitative estimate of drug-likeness (QED) is 0.0200. The van der Waals surface area contributed by atoms with E-state index in [2.05, 4.69) is 47.9 Å². The summed E-state index contributed by atoms with van der Waals surface area (Å²) in [7, 11) is -4.20. The second-order valence-electron chi connectivity index (χ2n) is 18.3. The standard InChI is InChI=1S/C46H72N10O23S2/c1-23(48-41(70)27(47-22-62)9-5-13-57)37(66)52-28(10-6-14-58)42(71)49-24(2)38(67)53-29(11-7-15-59)43(72)50-25(3)39(68)54-30(12-8-16-60)44(73)51-26(4)40(69)55-31(45(74)75)20-80-17-18-81(77,78)21-33(63)56-34-36(65)35(64)32(19-61)79-46(34)76/h13-16,22-32,34-36,46,61,64-65,76H,5-12,17-21H2,1-4H3,(H,47,62)(H,48,70)(H,49,71)(H,50,72)(H,51,73)(H,52,66)(H,53,67)(H,54,68)(H,55,69)(H,56,63)(H,74,75)/t23?,24?,25?,26?,27?,28?,29?,30?,31?,32-,34?,35+,36-,46?/m1/s1. The number of thioether (sulfide) groups is 1. The molecule has 33 nitrogen and oxygen atoms in total. The van der Waals surface area contributed by atoms with Crippen molar-refractivity contribution in [2.45, 2.75) is 164 Å². The Morgan fingerprint density at radius 2 is 0.889 bits per heavy atom. The van der Waals surface area contributed by atoms with Gasteiger partial charge in [-0.2, -0.15) is 11.8 Å². The maximum atomic E-state index is 13.4. The highest BCUT2D eigenvalue weighted by atomic mass is 32.2. The van der Waals surface area contributed by atoms with Gasteiger partial charge in [-0.1, -0.05) is 0 Å². The number of aliphatic hydroxyl groups is 4. The lowest BCUT2D eigenvalue weighted by Gasteiger charge is -2.40. The molecule has 456 valence electrons. The minimum absolute atomic E-state index is 0.0788. The van der Waals surface area contributed by atoms with Gasteiger partial charge in [0.25, 0.3) is 0 Å². The molecule has 0 aromatic heterocycles. The molecule has 0 aromatic carbocycles. The molecule has 1 fully saturated rings. The van der Waals surface area contributed by atoms with E-state index in [1.54, 1.807) is 0 Å². The molecule has 0 aliphatic carbocycles. The number of carboxylic acid groups (broad SMARTS) is 1. The van der Waals surface area contributed by atoms with Gasteiger partial charge in [0.15, 0.2) is 16.1 Å². The van der Waals surface area contributed by atoms with Crippen molar-refractivity contribution in [1.29, 1.82) is 0 Å². The number of hydrogen-bond donors (Lipinski definition) is 15. The third-order valence-electron chi connectivity index (χ3n) is 11.8. The second-order valence-corrected chi connectivity index (χ2v) is 21.6. The molecule has 14 atom stereocenters. The summed E-state index contributed by atoms with van der Waals surface area (Å²) < 4.78 is 30.2. The summed E-state index contributed by atoms with van der Waals surface area (Å²) in [5, 5.41) is 71.8. The maximum absolute atomic E-state index is 13.4. The van der Waals surface area contributed by atoms with E-state index in [9.17, 15) is 106 Å². The molecule has 0 radical (unpaired) electrons. The van der Waals surface area contributed by atoms with Gasteiger partial charge in [-0.25, -0.2) is 13.2 Å². The number of amides is 10. The van der Waals surface area contributed by atoms with Crippen LogP contribution in [-0.4, -0.2) is 239 Å². The lowest BCUT2D eigenvalue weighted by atomic mass is 9.97. The number of carbonyl (C=O) groups is 15. The van der Waals surface area contributed by atoms with E-state index in [0.29, 0.717) is 25.1 Å². The molecule has 10 amide bonds. The van der Waals surface area contributed by atoms with Crippen LogP contribution in [0.5, 0.6) is 0 Å². The molecule has 0 spiro atoms. The Morgan fingerprint density at radius 1 is 0.531 bits per heavy atom. The topological polar surface area (TPSA) is 521 Å². The van der Waals surface area contributed by atoms with E-state index in [0.717, 1.165) is 25.6 Å². The van der Waals surface area contributed by atoms with Gasteiger partial charge in [0.2, 0.25) is 59.6 Å². The molecule has 0 aromatic rings. The first kappa shape index (κ1) is 72.0. The van der Waals surface area contributed by atoms with Crippen molar-refractivity contribution in [2.75, 3.05) is 29.6 Å². The zero-order chi connectivity index (χ0) is 61.6. The largest absolute Gasteiger partial charge is 0.480 e. The first-order valence-electron chi connectivity index (χ1n) is 25.1. The maximum Gasteiger partial charge on any atom is 0.327 e. The summed E-state index contributed by atoms with van der Waals surface area (Å²) in [5.41, 5.74) is 0. The molecular formula is C46H72N10O23S2. The highest BCUT2D eigenvalue weighted by molar-refractivity contribution is 8.00. The molecule has 15 N–H and O–H groups in total. The Labute approximate surface area is 468 Å². The van der Waals surface area contributed by atoms with Gasteiger partial charge in [0, 0.05) is 37.2 Å². The van der Waals surface area contributed by atoms with Crippen LogP contribution in [0.2, 0.25) is 0 Å². The highest BCUT2D eigenvalue weighted by Gasteiger charge is 2.44. The predicted molar refractivity (Wildman–Crippen MR) is 278 cm³/mol. The normalized spacial score (nSPS) is 20.1. The Kier molecular flexibility index (Phi) is 32.9. The number of hydrogen-bond acceptors (Lipinski definition) is 23. The van der Waals surface area contributed by atoms with E-state index < -0.39 is 178 Å². The van der Waals surface area contributed by atoms with Gasteiger partial charge in [-0.15, -0.1) is 0 Å². The van der Waals surface area contributed by atoms with Crippen molar-refractivity contribution in [3.63, 3.8) is 0 Å². The average molecular weight is 1200 g/mol. The Bertz CT molecular complexity index is 2330. The van der Waals surface area contributed by atoms with E-state index in [-0.39, 0.29) is 63.5 Å². The van der Waals surface area contributed by atoms with E-state index in [1.165, 1.54) is 13.8 Å². The third-order valence-corrected chi connectivity index (χ3v) is 14.7. The fraction of sp³-hybridized carbons (Fsp3) is 0.674. The first-order chi connectivity index (χ1) is 38.1. The smallest absolute Gasteiger partial charge is 0.327 e. The number of aliphatic hydroxyl groups excluding tert-OH is 4. The monoisotopic (exact) mass is 1200 g/mol. The van der Waals surface area contributed by atoms with Crippen LogP contribution >= 0.6 is 11.8 Å². The van der Waals surface area contributed by atoms with E-state index >= 15 is 0 Å². The number of aldehydes is 4. The molecule has 35 heteroatoms. The average Bonchev–Trinajstić information content (AvgIpc) is 3.45. The van der Waals surface area contributed by atoms with Crippen molar-refractivity contribution >= 4 is 112 Å². The summed E-state index contributed by atoms with van der Waals surface area (Å²) in [4.78, 5) is 185. The molecule has 1 heterocycles. The van der Waals surface area contributed by atoms with Crippen molar-refractivity contribution < 1.29 is 111 Å². The summed E-state index contributed by atoms with van der Waals surface area (Å²) in [6, 6.07) is -14.7. The molecule has 1 saturated heterocycles. The SMILES string of the molecule is CC(NC(=O)C(CCC=O)NC=O)C(=O)NC(CCC=O)C(=O)NC(C)C(=O)NC(CCC=O)C(=O)NC(C)C(=O)NC(CCC=O)C(=O)NC(C)C(=O)NC(CSCCS(=O)(=O)CC(=O)NC1C(O)O[C@H](CO)[C@H](O)[C@@H]1O)C(=O)O. The highest BCUT2D eigenvalue weighted by Crippen LogP contribution is 2.20. The molecule has 1 aliphatic heterocycles. The second kappa shape index (κ2) is 37.1. The van der Waals surface area contributed by atoms with Crippen LogP contribution in [0.4, 0.5) is 0 Å². The van der Waals surface area contributed by atoms with Gasteiger partial charge in [0.1, 0.15) is 110 Å². The minimum atomic E-state index is -4.20. The Hall–Kier alpha value is -7.05. The zero-order valence-corrected chi connectivity index (χ0v) is 46.2. The van der Waals surface area contributed by atoms with Crippen molar-refractivity contribution in [1.82, 2.24) is 53.2 Å². The fourth-order valence-electron chi connectivity index (χ4n) is 7.14. The molecule has 1 rings (SSSR count). The Morgan fingerprint density at radius 3 is 1.23 bits per heavy atom. The van der Waals surface area contributed by atoms with Crippen molar-refractivity contribution in [3.8, 4) is 0 Å². The van der Waals surface area contributed by atoms with Crippen molar-refractivity contribution in [3.05, 3.63) is 0 Å². The number of nitrogens with one attached hydrogen (secondary N) is 10. The number of carbonyl (C=O) groups excluding carboxylic acids is 14. The molecule has 0 saturated carbocycles. The number of rotatable bonds is 40. The number of aliphatic carboxylic acids is 1. The van der Waals surface area contributed by atoms with Gasteiger partial charge in [-0.05, 0) is 53.4 Å². The molecule has 81 heavy (non-hydrogen) atoms. The third kappa shape index (κ3) is 26.0. The van der Waals surface area contributed by atoms with E-state index in [4.69, 9.17) is 4.74 Å². The molecule has 11 unspecified atom stereocenters. The predicted octanol–water partition coefficient (Wildman–Crippen LogP) is -8.88. The number of sulfone groups is 1. The molecule has 1 aliphatic rings. The van der Waals surface area contributed by atoms with Crippen LogP contribution in [0.1, 0.15) is 79.1 Å².